The van der Waals surface area contributed by atoms with Gasteiger partial charge in [-0.3, -0.25) is 4.79 Å². The van der Waals surface area contributed by atoms with Gasteiger partial charge in [0.15, 0.2) is 11.3 Å². The van der Waals surface area contributed by atoms with Gasteiger partial charge in [0, 0.05) is 31.5 Å². The number of nitrogens with zero attached hydrogens (tertiary/aromatic N) is 4. The normalized spacial score (nSPS) is 21.1. The largest absolute Gasteiger partial charge is 0.335 e. The Balaban J connectivity index is 0.00000208. The van der Waals surface area contributed by atoms with Crippen LogP contribution < -0.4 is 5.73 Å². The molecule has 24 heavy (non-hydrogen) atoms. The Morgan fingerprint density at radius 2 is 2.12 bits per heavy atom. The first kappa shape index (κ1) is 19.0. The molecule has 0 spiro atoms. The van der Waals surface area contributed by atoms with Gasteiger partial charge in [0.2, 0.25) is 0 Å². The van der Waals surface area contributed by atoms with Gasteiger partial charge in [-0.2, -0.15) is 5.10 Å². The zero-order chi connectivity index (χ0) is 16.8. The second-order valence-electron chi connectivity index (χ2n) is 7.45. The maximum absolute atomic E-state index is 12.8. The van der Waals surface area contributed by atoms with Crippen molar-refractivity contribution in [2.45, 2.75) is 33.2 Å². The van der Waals surface area contributed by atoms with Gasteiger partial charge >= 0.3 is 0 Å². The van der Waals surface area contributed by atoms with Crippen molar-refractivity contribution in [3.8, 4) is 0 Å². The topological polar surface area (TPSA) is 76.5 Å². The van der Waals surface area contributed by atoms with E-state index >= 15 is 0 Å². The second-order valence-corrected chi connectivity index (χ2v) is 7.83. The molecule has 1 fully saturated rings. The summed E-state index contributed by atoms with van der Waals surface area (Å²) in [7, 11) is 0. The van der Waals surface area contributed by atoms with Crippen LogP contribution in [0.4, 0.5) is 0 Å². The number of rotatable bonds is 2. The fourth-order valence-electron chi connectivity index (χ4n) is 3.21. The highest BCUT2D eigenvalue weighted by Gasteiger charge is 2.37. The molecular formula is C16H23Cl2N5O. The van der Waals surface area contributed by atoms with E-state index in [0.717, 1.165) is 6.42 Å². The smallest absolute Gasteiger partial charge is 0.276 e. The summed E-state index contributed by atoms with van der Waals surface area (Å²) < 4.78 is 1.53. The lowest BCUT2D eigenvalue weighted by molar-refractivity contribution is 0.0776. The summed E-state index contributed by atoms with van der Waals surface area (Å²) in [6.45, 7) is 7.75. The van der Waals surface area contributed by atoms with Crippen LogP contribution in [0.2, 0.25) is 5.02 Å². The third kappa shape index (κ3) is 3.66. The molecule has 2 aromatic rings. The average molecular weight is 372 g/mol. The molecule has 1 aliphatic rings. The Kier molecular flexibility index (Phi) is 5.42. The van der Waals surface area contributed by atoms with Crippen molar-refractivity contribution >= 4 is 35.6 Å². The van der Waals surface area contributed by atoms with Gasteiger partial charge in [0.05, 0.1) is 0 Å². The molecule has 2 atom stereocenters. The van der Waals surface area contributed by atoms with Crippen LogP contribution in [0.3, 0.4) is 0 Å². The summed E-state index contributed by atoms with van der Waals surface area (Å²) in [5, 5.41) is 4.57. The highest BCUT2D eigenvalue weighted by Crippen LogP contribution is 2.31. The summed E-state index contributed by atoms with van der Waals surface area (Å²) in [4.78, 5) is 18.7. The highest BCUT2D eigenvalue weighted by atomic mass is 35.5. The molecule has 3 rings (SSSR count). The highest BCUT2D eigenvalue weighted by molar-refractivity contribution is 6.36. The van der Waals surface area contributed by atoms with E-state index in [1.807, 2.05) is 0 Å². The minimum absolute atomic E-state index is 0. The van der Waals surface area contributed by atoms with E-state index in [1.54, 1.807) is 23.4 Å². The van der Waals surface area contributed by atoms with Crippen LogP contribution in [0, 0.1) is 11.3 Å². The first-order valence-electron chi connectivity index (χ1n) is 7.80. The number of likely N-dealkylation sites (tertiary alicyclic amines) is 1. The molecular weight excluding hydrogens is 349 g/mol. The molecule has 2 N–H and O–H groups in total. The molecule has 1 saturated heterocycles. The van der Waals surface area contributed by atoms with E-state index in [9.17, 15) is 4.79 Å². The van der Waals surface area contributed by atoms with Gasteiger partial charge in [0.25, 0.3) is 5.91 Å². The number of aromatic nitrogens is 3. The van der Waals surface area contributed by atoms with Gasteiger partial charge in [-0.15, -0.1) is 12.4 Å². The molecule has 1 aliphatic heterocycles. The molecule has 3 heterocycles. The number of nitrogens with two attached hydrogens (primary N) is 1. The zero-order valence-electron chi connectivity index (χ0n) is 14.1. The van der Waals surface area contributed by atoms with Gasteiger partial charge in [0.1, 0.15) is 5.02 Å². The number of halogens is 2. The van der Waals surface area contributed by atoms with E-state index in [2.05, 4.69) is 30.9 Å². The van der Waals surface area contributed by atoms with Crippen LogP contribution >= 0.6 is 24.0 Å². The molecule has 1 amide bonds. The number of fused-ring (bicyclic) bond motifs is 1. The number of carbonyl (C=O) groups excluding carboxylic acids is 1. The molecule has 0 unspecified atom stereocenters. The summed E-state index contributed by atoms with van der Waals surface area (Å²) in [5.74, 6) is 0.125. The Morgan fingerprint density at radius 3 is 2.75 bits per heavy atom. The Bertz CT molecular complexity index is 740. The SMILES string of the molecule is CC(C)(C)C[C@@H]1CN(C(=O)c2nn3cccnc3c2Cl)C[C@H]1N.Cl. The Morgan fingerprint density at radius 1 is 1.42 bits per heavy atom. The molecule has 132 valence electrons. The summed E-state index contributed by atoms with van der Waals surface area (Å²) in [6.07, 6.45) is 4.34. The Labute approximate surface area is 152 Å². The molecule has 2 aromatic heterocycles. The predicted octanol–water partition coefficient (Wildman–Crippen LogP) is 2.64. The van der Waals surface area contributed by atoms with Gasteiger partial charge in [-0.1, -0.05) is 32.4 Å². The third-order valence-electron chi connectivity index (χ3n) is 4.20. The molecule has 6 nitrogen and oxygen atoms in total. The van der Waals surface area contributed by atoms with E-state index in [0.29, 0.717) is 29.7 Å². The van der Waals surface area contributed by atoms with Crippen molar-refractivity contribution in [1.82, 2.24) is 19.5 Å². The number of hydrogen-bond donors (Lipinski definition) is 1. The van der Waals surface area contributed by atoms with Crippen molar-refractivity contribution in [3.05, 3.63) is 29.2 Å². The maximum Gasteiger partial charge on any atom is 0.276 e. The monoisotopic (exact) mass is 371 g/mol. The van der Waals surface area contributed by atoms with Crippen molar-refractivity contribution in [2.24, 2.45) is 17.1 Å². The average Bonchev–Trinajstić information content (AvgIpc) is 2.99. The van der Waals surface area contributed by atoms with Crippen molar-refractivity contribution in [1.29, 1.82) is 0 Å². The summed E-state index contributed by atoms with van der Waals surface area (Å²) >= 11 is 6.29. The standard InChI is InChI=1S/C16H22ClN5O.ClH/c1-16(2,3)7-10-8-21(9-11(10)18)15(23)13-12(17)14-19-5-4-6-22(14)20-13;/h4-6,10-11H,7-9,18H2,1-3H3;1H/t10-,11-;/m1./s1. The fraction of sp³-hybridized carbons (Fsp3) is 0.562. The van der Waals surface area contributed by atoms with Crippen molar-refractivity contribution in [2.75, 3.05) is 13.1 Å². The molecule has 8 heteroatoms. The molecule has 0 aromatic carbocycles. The van der Waals surface area contributed by atoms with Crippen LogP contribution in [0.25, 0.3) is 5.65 Å². The molecule has 0 bridgehead atoms. The van der Waals surface area contributed by atoms with Crippen molar-refractivity contribution < 1.29 is 4.79 Å². The lowest BCUT2D eigenvalue weighted by Crippen LogP contribution is -2.33. The molecule has 0 aliphatic carbocycles. The molecule has 0 saturated carbocycles. The second kappa shape index (κ2) is 6.86. The lowest BCUT2D eigenvalue weighted by atomic mass is 9.83. The van der Waals surface area contributed by atoms with Crippen LogP contribution in [0.5, 0.6) is 0 Å². The lowest BCUT2D eigenvalue weighted by Gasteiger charge is -2.24. The zero-order valence-corrected chi connectivity index (χ0v) is 15.6. The number of amides is 1. The maximum atomic E-state index is 12.8. The minimum atomic E-state index is -0.174. The van der Waals surface area contributed by atoms with Gasteiger partial charge in [-0.05, 0) is 23.8 Å². The summed E-state index contributed by atoms with van der Waals surface area (Å²) in [6, 6.07) is 1.74. The van der Waals surface area contributed by atoms with Gasteiger partial charge < -0.3 is 10.6 Å². The number of hydrogen-bond acceptors (Lipinski definition) is 4. The van der Waals surface area contributed by atoms with E-state index < -0.39 is 0 Å². The van der Waals surface area contributed by atoms with Crippen LogP contribution in [-0.4, -0.2) is 44.5 Å². The fourth-order valence-corrected chi connectivity index (χ4v) is 3.46. The van der Waals surface area contributed by atoms with E-state index in [-0.39, 0.29) is 35.5 Å². The Hall–Kier alpha value is -1.37. The summed E-state index contributed by atoms with van der Waals surface area (Å²) in [5.41, 5.74) is 7.16. The number of carbonyl (C=O) groups is 1. The third-order valence-corrected chi connectivity index (χ3v) is 4.54. The van der Waals surface area contributed by atoms with Crippen LogP contribution in [-0.2, 0) is 0 Å². The molecule has 0 radical (unpaired) electrons. The van der Waals surface area contributed by atoms with E-state index in [4.69, 9.17) is 17.3 Å². The quantitative estimate of drug-likeness (QED) is 0.879. The first-order valence-corrected chi connectivity index (χ1v) is 8.18. The van der Waals surface area contributed by atoms with Gasteiger partial charge in [-0.25, -0.2) is 9.50 Å². The first-order chi connectivity index (χ1) is 10.8. The minimum Gasteiger partial charge on any atom is -0.335 e. The van der Waals surface area contributed by atoms with Crippen molar-refractivity contribution in [3.63, 3.8) is 0 Å². The van der Waals surface area contributed by atoms with Crippen LogP contribution in [0.1, 0.15) is 37.7 Å². The predicted molar refractivity (Wildman–Crippen MR) is 96.7 cm³/mol. The van der Waals surface area contributed by atoms with Crippen LogP contribution in [0.15, 0.2) is 18.5 Å². The van der Waals surface area contributed by atoms with E-state index in [1.165, 1.54) is 4.52 Å².